The second kappa shape index (κ2) is 9.80. The summed E-state index contributed by atoms with van der Waals surface area (Å²) >= 11 is 1.72. The van der Waals surface area contributed by atoms with Gasteiger partial charge in [0.15, 0.2) is 0 Å². The van der Waals surface area contributed by atoms with Gasteiger partial charge in [-0.1, -0.05) is 60.2 Å². The molecule has 32 heavy (non-hydrogen) atoms. The molecule has 0 saturated heterocycles. The average Bonchev–Trinajstić information content (AvgIpc) is 2.91. The maximum atomic E-state index is 11.7. The Balaban J connectivity index is 1.63. The average molecular weight is 448 g/mol. The van der Waals surface area contributed by atoms with Gasteiger partial charge in [-0.15, -0.1) is 0 Å². The normalized spacial score (nSPS) is 17.2. The molecule has 1 N–H and O–H groups in total. The number of hydrogen-bond donors (Lipinski definition) is 1. The van der Waals surface area contributed by atoms with E-state index in [1.807, 2.05) is 49.4 Å². The third-order valence-electron chi connectivity index (χ3n) is 5.85. The Bertz CT molecular complexity index is 1100. The van der Waals surface area contributed by atoms with Crippen molar-refractivity contribution in [2.45, 2.75) is 50.7 Å². The summed E-state index contributed by atoms with van der Waals surface area (Å²) in [5, 5.41) is 9.57. The van der Waals surface area contributed by atoms with Gasteiger partial charge in [-0.25, -0.2) is 4.31 Å². The number of rotatable bonds is 6. The van der Waals surface area contributed by atoms with Gasteiger partial charge in [-0.05, 0) is 67.1 Å². The van der Waals surface area contributed by atoms with Crippen molar-refractivity contribution in [2.24, 2.45) is 0 Å². The zero-order valence-electron chi connectivity index (χ0n) is 18.7. The first kappa shape index (κ1) is 22.4. The minimum atomic E-state index is -0.789. The van der Waals surface area contributed by atoms with E-state index >= 15 is 0 Å². The van der Waals surface area contributed by atoms with Crippen molar-refractivity contribution in [1.29, 1.82) is 0 Å². The molecule has 1 heterocycles. The Morgan fingerprint density at radius 3 is 2.56 bits per heavy atom. The smallest absolute Gasteiger partial charge is 0.304 e. The predicted octanol–water partition coefficient (Wildman–Crippen LogP) is 6.20. The molecule has 3 aromatic rings. The van der Waals surface area contributed by atoms with E-state index in [1.165, 1.54) is 16.7 Å². The van der Waals surface area contributed by atoms with Crippen molar-refractivity contribution in [2.75, 3.05) is 6.54 Å². The fraction of sp³-hybridized carbons (Fsp3) is 0.296. The van der Waals surface area contributed by atoms with E-state index in [-0.39, 0.29) is 18.4 Å². The lowest BCUT2D eigenvalue weighted by Crippen LogP contribution is -2.27. The summed E-state index contributed by atoms with van der Waals surface area (Å²) in [6, 6.07) is 22.7. The number of fused-ring (bicyclic) bond motifs is 1. The van der Waals surface area contributed by atoms with E-state index in [1.54, 1.807) is 11.9 Å². The number of benzene rings is 3. The Morgan fingerprint density at radius 1 is 1.09 bits per heavy atom. The van der Waals surface area contributed by atoms with E-state index in [2.05, 4.69) is 42.4 Å². The van der Waals surface area contributed by atoms with Gasteiger partial charge >= 0.3 is 5.97 Å². The van der Waals surface area contributed by atoms with E-state index in [4.69, 9.17) is 4.74 Å². The fourth-order valence-corrected chi connectivity index (χ4v) is 5.22. The topological polar surface area (TPSA) is 49.8 Å². The number of para-hydroxylation sites is 1. The molecule has 0 radical (unpaired) electrons. The van der Waals surface area contributed by atoms with Gasteiger partial charge in [0.1, 0.15) is 11.9 Å². The van der Waals surface area contributed by atoms with Gasteiger partial charge in [-0.2, -0.15) is 0 Å². The lowest BCUT2D eigenvalue weighted by atomic mass is 9.86. The van der Waals surface area contributed by atoms with Crippen molar-refractivity contribution < 1.29 is 14.6 Å². The number of nitrogens with zero attached hydrogens (tertiary/aromatic N) is 1. The van der Waals surface area contributed by atoms with Gasteiger partial charge in [0, 0.05) is 19.0 Å². The lowest BCUT2D eigenvalue weighted by Gasteiger charge is -2.23. The third kappa shape index (κ3) is 5.34. The molecule has 4 rings (SSSR count). The predicted molar refractivity (Wildman–Crippen MR) is 129 cm³/mol. The Morgan fingerprint density at radius 2 is 1.81 bits per heavy atom. The van der Waals surface area contributed by atoms with Crippen LogP contribution in [-0.4, -0.2) is 28.0 Å². The zero-order chi connectivity index (χ0) is 22.7. The number of hydrogen-bond acceptors (Lipinski definition) is 4. The highest BCUT2D eigenvalue weighted by Crippen LogP contribution is 2.37. The van der Waals surface area contributed by atoms with Gasteiger partial charge < -0.3 is 9.84 Å². The zero-order valence-corrected chi connectivity index (χ0v) is 19.6. The van der Waals surface area contributed by atoms with Crippen molar-refractivity contribution >= 4 is 17.9 Å². The molecule has 2 atom stereocenters. The van der Waals surface area contributed by atoms with Gasteiger partial charge in [0.05, 0.1) is 11.3 Å². The molecule has 0 spiro atoms. The maximum absolute atomic E-state index is 11.7. The highest BCUT2D eigenvalue weighted by atomic mass is 32.2. The van der Waals surface area contributed by atoms with Crippen LogP contribution in [0.15, 0.2) is 71.6 Å². The van der Waals surface area contributed by atoms with E-state index < -0.39 is 5.97 Å². The summed E-state index contributed by atoms with van der Waals surface area (Å²) in [5.41, 5.74) is 5.67. The molecule has 1 aliphatic rings. The standard InChI is InChI=1S/C27H29NO3S/c1-18-8-11-21(12-9-18)24(15-27(29)30)22-13-10-19(2)23(14-22)17-28-16-20(3)31-25-6-4-5-7-26(25)32-28/h4-14,20,24H,15-17H2,1-3H3,(H,29,30). The molecule has 2 unspecified atom stereocenters. The second-order valence-corrected chi connectivity index (χ2v) is 9.67. The van der Waals surface area contributed by atoms with Crippen LogP contribution in [0.1, 0.15) is 47.1 Å². The van der Waals surface area contributed by atoms with Crippen molar-refractivity contribution in [3.05, 3.63) is 94.5 Å². The molecule has 5 heteroatoms. The number of carbonyl (C=O) groups is 1. The van der Waals surface area contributed by atoms with Crippen LogP contribution in [0.5, 0.6) is 5.75 Å². The van der Waals surface area contributed by atoms with Crippen LogP contribution in [0.25, 0.3) is 0 Å². The molecular formula is C27H29NO3S. The first-order chi connectivity index (χ1) is 15.4. The number of aliphatic carboxylic acids is 1. The Labute approximate surface area is 194 Å². The summed E-state index contributed by atoms with van der Waals surface area (Å²) in [7, 11) is 0. The maximum Gasteiger partial charge on any atom is 0.304 e. The second-order valence-electron chi connectivity index (χ2n) is 8.54. The quantitative estimate of drug-likeness (QED) is 0.456. The Hall–Kier alpha value is -2.76. The summed E-state index contributed by atoms with van der Waals surface area (Å²) in [6.07, 6.45) is 0.157. The molecule has 0 aromatic heterocycles. The molecular weight excluding hydrogens is 418 g/mol. The van der Waals surface area contributed by atoms with E-state index in [9.17, 15) is 9.90 Å². The first-order valence-corrected chi connectivity index (χ1v) is 11.7. The van der Waals surface area contributed by atoms with Crippen LogP contribution in [0.4, 0.5) is 0 Å². The molecule has 1 aliphatic heterocycles. The van der Waals surface area contributed by atoms with Crippen molar-refractivity contribution in [3.8, 4) is 5.75 Å². The Kier molecular flexibility index (Phi) is 6.87. The molecule has 4 nitrogen and oxygen atoms in total. The van der Waals surface area contributed by atoms with Crippen LogP contribution >= 0.6 is 11.9 Å². The largest absolute Gasteiger partial charge is 0.488 e. The van der Waals surface area contributed by atoms with Crippen LogP contribution in [0, 0.1) is 13.8 Å². The molecule has 0 amide bonds. The molecule has 0 bridgehead atoms. The fourth-order valence-electron chi connectivity index (χ4n) is 4.11. The van der Waals surface area contributed by atoms with E-state index in [0.717, 1.165) is 34.9 Å². The molecule has 0 aliphatic carbocycles. The molecule has 166 valence electrons. The number of carboxylic acid groups (broad SMARTS) is 1. The third-order valence-corrected chi connectivity index (χ3v) is 6.92. The van der Waals surface area contributed by atoms with Crippen molar-refractivity contribution in [3.63, 3.8) is 0 Å². The van der Waals surface area contributed by atoms with Gasteiger partial charge in [-0.3, -0.25) is 4.79 Å². The monoisotopic (exact) mass is 447 g/mol. The highest BCUT2D eigenvalue weighted by Gasteiger charge is 2.23. The van der Waals surface area contributed by atoms with E-state index in [0.29, 0.717) is 0 Å². The summed E-state index contributed by atoms with van der Waals surface area (Å²) < 4.78 is 8.43. The minimum absolute atomic E-state index is 0.0717. The SMILES string of the molecule is Cc1ccc(C(CC(=O)O)c2ccc(C)c(CN3CC(C)Oc4ccccc4S3)c2)cc1. The summed E-state index contributed by atoms with van der Waals surface area (Å²) in [6.45, 7) is 7.83. The van der Waals surface area contributed by atoms with Crippen LogP contribution in [0.2, 0.25) is 0 Å². The van der Waals surface area contributed by atoms with Crippen LogP contribution < -0.4 is 4.74 Å². The molecule has 3 aromatic carbocycles. The van der Waals surface area contributed by atoms with Gasteiger partial charge in [0.2, 0.25) is 0 Å². The van der Waals surface area contributed by atoms with Gasteiger partial charge in [0.25, 0.3) is 0 Å². The number of carboxylic acids is 1. The van der Waals surface area contributed by atoms with Crippen LogP contribution in [-0.2, 0) is 11.3 Å². The summed E-state index contributed by atoms with van der Waals surface area (Å²) in [4.78, 5) is 12.8. The lowest BCUT2D eigenvalue weighted by molar-refractivity contribution is -0.137. The highest BCUT2D eigenvalue weighted by molar-refractivity contribution is 7.97. The molecule has 0 saturated carbocycles. The summed E-state index contributed by atoms with van der Waals surface area (Å²) in [5.74, 6) is -0.0329. The van der Waals surface area contributed by atoms with Crippen molar-refractivity contribution in [1.82, 2.24) is 4.31 Å². The number of ether oxygens (including phenoxy) is 1. The minimum Gasteiger partial charge on any atom is -0.488 e. The number of aryl methyl sites for hydroxylation is 2. The molecule has 0 fully saturated rings. The first-order valence-electron chi connectivity index (χ1n) is 11.0. The van der Waals surface area contributed by atoms with Crippen LogP contribution in [0.3, 0.4) is 0 Å².